The molecule has 2 amide bonds. The summed E-state index contributed by atoms with van der Waals surface area (Å²) in [6, 6.07) is 1.99. The van der Waals surface area contributed by atoms with Gasteiger partial charge in [-0.3, -0.25) is 9.59 Å². The van der Waals surface area contributed by atoms with Gasteiger partial charge in [0.05, 0.1) is 5.92 Å². The molecule has 0 aromatic carbocycles. The summed E-state index contributed by atoms with van der Waals surface area (Å²) in [7, 11) is 0. The summed E-state index contributed by atoms with van der Waals surface area (Å²) in [5.41, 5.74) is 2.66. The molecule has 132 valence electrons. The third-order valence-corrected chi connectivity index (χ3v) is 5.52. The van der Waals surface area contributed by atoms with Crippen LogP contribution in [0.3, 0.4) is 0 Å². The lowest BCUT2D eigenvalue weighted by atomic mass is 9.93. The van der Waals surface area contributed by atoms with Crippen molar-refractivity contribution in [2.75, 3.05) is 26.2 Å². The molecule has 0 radical (unpaired) electrons. The fourth-order valence-electron chi connectivity index (χ4n) is 3.96. The Hall–Kier alpha value is -1.78. The lowest BCUT2D eigenvalue weighted by molar-refractivity contribution is -0.138. The minimum absolute atomic E-state index is 0.0327. The Morgan fingerprint density at radius 1 is 1.08 bits per heavy atom. The maximum atomic E-state index is 12.8. The predicted octanol–water partition coefficient (Wildman–Crippen LogP) is 2.74. The van der Waals surface area contributed by atoms with Crippen molar-refractivity contribution < 1.29 is 9.59 Å². The zero-order chi connectivity index (χ0) is 17.3. The number of hydrogen-bond donors (Lipinski definition) is 1. The van der Waals surface area contributed by atoms with Crippen molar-refractivity contribution in [1.82, 2.24) is 14.8 Å². The third-order valence-electron chi connectivity index (χ3n) is 5.52. The number of carbonyl (C=O) groups is 2. The van der Waals surface area contributed by atoms with E-state index in [-0.39, 0.29) is 17.7 Å². The molecule has 1 aromatic rings. The smallest absolute Gasteiger partial charge is 0.270 e. The zero-order valence-electron chi connectivity index (χ0n) is 15.1. The number of aromatic nitrogens is 1. The number of aryl methyl sites for hydroxylation is 2. The summed E-state index contributed by atoms with van der Waals surface area (Å²) < 4.78 is 0. The summed E-state index contributed by atoms with van der Waals surface area (Å²) >= 11 is 0. The molecule has 24 heavy (non-hydrogen) atoms. The maximum absolute atomic E-state index is 12.8. The molecule has 1 N–H and O–H groups in total. The highest BCUT2D eigenvalue weighted by Gasteiger charge is 2.33. The average molecular weight is 331 g/mol. The Labute approximate surface area is 144 Å². The molecule has 3 rings (SSSR count). The van der Waals surface area contributed by atoms with E-state index in [0.29, 0.717) is 12.2 Å². The van der Waals surface area contributed by atoms with Gasteiger partial charge in [-0.15, -0.1) is 0 Å². The van der Waals surface area contributed by atoms with E-state index >= 15 is 0 Å². The van der Waals surface area contributed by atoms with Crippen LogP contribution >= 0.6 is 0 Å². The van der Waals surface area contributed by atoms with Gasteiger partial charge in [-0.25, -0.2) is 0 Å². The Balaban J connectivity index is 1.64. The van der Waals surface area contributed by atoms with Gasteiger partial charge in [0, 0.05) is 31.9 Å². The molecule has 5 heteroatoms. The molecular weight excluding hydrogens is 302 g/mol. The monoisotopic (exact) mass is 331 g/mol. The molecule has 0 spiro atoms. The highest BCUT2D eigenvalue weighted by molar-refractivity contribution is 5.94. The summed E-state index contributed by atoms with van der Waals surface area (Å²) in [4.78, 5) is 32.6. The standard InChI is InChI=1S/C19H29N3O2/c1-13-6-9-21(10-7-13)18(23)16-5-4-8-22(12-16)19(24)17-14(2)11-15(3)20-17/h11,13,16,20H,4-10,12H2,1-3H3. The van der Waals surface area contributed by atoms with Crippen LogP contribution in [0.25, 0.3) is 0 Å². The Bertz CT molecular complexity index is 614. The minimum Gasteiger partial charge on any atom is -0.354 e. The molecule has 2 aliphatic rings. The minimum atomic E-state index is -0.0347. The third kappa shape index (κ3) is 3.50. The van der Waals surface area contributed by atoms with Crippen LogP contribution in [-0.4, -0.2) is 52.8 Å². The van der Waals surface area contributed by atoms with Gasteiger partial charge in [0.25, 0.3) is 5.91 Å². The number of piperidine rings is 2. The first-order valence-corrected chi connectivity index (χ1v) is 9.20. The maximum Gasteiger partial charge on any atom is 0.270 e. The van der Waals surface area contributed by atoms with Crippen LogP contribution in [0, 0.1) is 25.7 Å². The average Bonchev–Trinajstić information content (AvgIpc) is 2.92. The van der Waals surface area contributed by atoms with Crippen LogP contribution in [0.15, 0.2) is 6.07 Å². The topological polar surface area (TPSA) is 56.4 Å². The number of nitrogens with one attached hydrogen (secondary N) is 1. The van der Waals surface area contributed by atoms with Crippen molar-refractivity contribution >= 4 is 11.8 Å². The second-order valence-corrected chi connectivity index (χ2v) is 7.61. The fraction of sp³-hybridized carbons (Fsp3) is 0.684. The molecule has 0 bridgehead atoms. The van der Waals surface area contributed by atoms with Gasteiger partial charge >= 0.3 is 0 Å². The number of carbonyl (C=O) groups excluding carboxylic acids is 2. The Morgan fingerprint density at radius 2 is 1.79 bits per heavy atom. The summed E-state index contributed by atoms with van der Waals surface area (Å²) in [5.74, 6) is 0.967. The molecule has 2 aliphatic heterocycles. The van der Waals surface area contributed by atoms with E-state index in [1.165, 1.54) is 0 Å². The molecule has 2 fully saturated rings. The van der Waals surface area contributed by atoms with Crippen LogP contribution in [0.5, 0.6) is 0 Å². The number of H-pyrrole nitrogens is 1. The quantitative estimate of drug-likeness (QED) is 0.906. The van der Waals surface area contributed by atoms with Crippen LogP contribution in [0.1, 0.15) is 54.4 Å². The first kappa shape index (κ1) is 17.1. The van der Waals surface area contributed by atoms with Crippen molar-refractivity contribution in [3.63, 3.8) is 0 Å². The van der Waals surface area contributed by atoms with Crippen LogP contribution in [0.2, 0.25) is 0 Å². The van der Waals surface area contributed by atoms with Crippen molar-refractivity contribution in [3.8, 4) is 0 Å². The van der Waals surface area contributed by atoms with E-state index in [9.17, 15) is 9.59 Å². The molecule has 1 atom stereocenters. The van der Waals surface area contributed by atoms with Crippen molar-refractivity contribution in [2.24, 2.45) is 11.8 Å². The Morgan fingerprint density at radius 3 is 2.42 bits per heavy atom. The SMILES string of the molecule is Cc1cc(C)c(C(=O)N2CCCC(C(=O)N3CCC(C)CC3)C2)[nH]1. The van der Waals surface area contributed by atoms with E-state index in [1.54, 1.807) is 0 Å². The molecule has 1 unspecified atom stereocenters. The second-order valence-electron chi connectivity index (χ2n) is 7.61. The molecular formula is C19H29N3O2. The van der Waals surface area contributed by atoms with Gasteiger partial charge in [-0.05, 0) is 57.1 Å². The normalized spacial score (nSPS) is 22.7. The second kappa shape index (κ2) is 6.99. The first-order valence-electron chi connectivity index (χ1n) is 9.20. The number of rotatable bonds is 2. The number of amides is 2. The number of likely N-dealkylation sites (tertiary alicyclic amines) is 2. The largest absolute Gasteiger partial charge is 0.354 e. The van der Waals surface area contributed by atoms with E-state index in [2.05, 4.69) is 11.9 Å². The van der Waals surface area contributed by atoms with Gasteiger partial charge in [-0.1, -0.05) is 6.92 Å². The van der Waals surface area contributed by atoms with Crippen molar-refractivity contribution in [1.29, 1.82) is 0 Å². The number of nitrogens with zero attached hydrogens (tertiary/aromatic N) is 2. The fourth-order valence-corrected chi connectivity index (χ4v) is 3.96. The van der Waals surface area contributed by atoms with E-state index < -0.39 is 0 Å². The van der Waals surface area contributed by atoms with Gasteiger partial charge < -0.3 is 14.8 Å². The van der Waals surface area contributed by atoms with Crippen molar-refractivity contribution in [2.45, 2.75) is 46.5 Å². The summed E-state index contributed by atoms with van der Waals surface area (Å²) in [5, 5.41) is 0. The number of hydrogen-bond acceptors (Lipinski definition) is 2. The van der Waals surface area contributed by atoms with Crippen LogP contribution < -0.4 is 0 Å². The van der Waals surface area contributed by atoms with Crippen molar-refractivity contribution in [3.05, 3.63) is 23.0 Å². The van der Waals surface area contributed by atoms with Gasteiger partial charge in [-0.2, -0.15) is 0 Å². The molecule has 0 saturated carbocycles. The highest BCUT2D eigenvalue weighted by atomic mass is 16.2. The van der Waals surface area contributed by atoms with Gasteiger partial charge in [0.2, 0.25) is 5.91 Å². The van der Waals surface area contributed by atoms with Crippen LogP contribution in [-0.2, 0) is 4.79 Å². The van der Waals surface area contributed by atoms with E-state index in [4.69, 9.17) is 0 Å². The summed E-state index contributed by atoms with van der Waals surface area (Å²) in [6.45, 7) is 9.22. The van der Waals surface area contributed by atoms with Gasteiger partial charge in [0.15, 0.2) is 0 Å². The molecule has 2 saturated heterocycles. The Kier molecular flexibility index (Phi) is 4.97. The van der Waals surface area contributed by atoms with E-state index in [1.807, 2.05) is 29.7 Å². The molecule has 5 nitrogen and oxygen atoms in total. The van der Waals surface area contributed by atoms with Gasteiger partial charge in [0.1, 0.15) is 5.69 Å². The zero-order valence-corrected chi connectivity index (χ0v) is 15.1. The van der Waals surface area contributed by atoms with Crippen LogP contribution in [0.4, 0.5) is 0 Å². The summed E-state index contributed by atoms with van der Waals surface area (Å²) in [6.07, 6.45) is 4.01. The molecule has 0 aliphatic carbocycles. The lowest BCUT2D eigenvalue weighted by Gasteiger charge is -2.37. The molecule has 1 aromatic heterocycles. The van der Waals surface area contributed by atoms with E-state index in [0.717, 1.165) is 62.5 Å². The first-order chi connectivity index (χ1) is 11.5. The highest BCUT2D eigenvalue weighted by Crippen LogP contribution is 2.24. The predicted molar refractivity (Wildman–Crippen MR) is 93.9 cm³/mol. The lowest BCUT2D eigenvalue weighted by Crippen LogP contribution is -2.48. The number of aromatic amines is 1. The molecule has 3 heterocycles.